The highest BCUT2D eigenvalue weighted by molar-refractivity contribution is 5.76. The molecule has 72 valence electrons. The van der Waals surface area contributed by atoms with E-state index in [-0.39, 0.29) is 18.4 Å². The van der Waals surface area contributed by atoms with Gasteiger partial charge < -0.3 is 10.6 Å². The number of hydrogen-bond donors (Lipinski definition) is 2. The molecule has 0 atom stereocenters. The second-order valence-corrected chi connectivity index (χ2v) is 2.52. The molecule has 0 spiro atoms. The third-order valence-corrected chi connectivity index (χ3v) is 1.32. The van der Waals surface area contributed by atoms with Gasteiger partial charge in [0.2, 0.25) is 11.8 Å². The second-order valence-electron chi connectivity index (χ2n) is 2.52. The molecular formula is C8H13N3O2. The van der Waals surface area contributed by atoms with E-state index in [1.165, 1.54) is 6.92 Å². The van der Waals surface area contributed by atoms with E-state index in [0.29, 0.717) is 19.4 Å². The lowest BCUT2D eigenvalue weighted by Gasteiger charge is -2.01. The van der Waals surface area contributed by atoms with Gasteiger partial charge in [-0.25, -0.2) is 0 Å². The van der Waals surface area contributed by atoms with Crippen LogP contribution in [0.3, 0.4) is 0 Å². The molecule has 0 radical (unpaired) electrons. The highest BCUT2D eigenvalue weighted by atomic mass is 16.2. The minimum atomic E-state index is -0.160. The molecule has 5 heteroatoms. The molecule has 0 aromatic carbocycles. The van der Waals surface area contributed by atoms with Crippen LogP contribution in [-0.2, 0) is 9.59 Å². The van der Waals surface area contributed by atoms with Gasteiger partial charge in [0.1, 0.15) is 6.54 Å². The zero-order chi connectivity index (χ0) is 10.1. The summed E-state index contributed by atoms with van der Waals surface area (Å²) in [5.74, 6) is -0.260. The molecule has 0 saturated heterocycles. The van der Waals surface area contributed by atoms with Crippen molar-refractivity contribution in [2.24, 2.45) is 0 Å². The van der Waals surface area contributed by atoms with Crippen LogP contribution in [0.4, 0.5) is 0 Å². The Balaban J connectivity index is 3.28. The average molecular weight is 183 g/mol. The molecule has 0 aromatic heterocycles. The molecule has 0 aromatic rings. The fourth-order valence-electron chi connectivity index (χ4n) is 0.740. The second kappa shape index (κ2) is 7.10. The third kappa shape index (κ3) is 8.34. The van der Waals surface area contributed by atoms with Gasteiger partial charge in [0, 0.05) is 19.9 Å². The predicted octanol–water partition coefficient (Wildman–Crippen LogP) is -0.458. The number of rotatable bonds is 5. The van der Waals surface area contributed by atoms with Crippen molar-refractivity contribution in [2.45, 2.75) is 19.8 Å². The molecule has 13 heavy (non-hydrogen) atoms. The minimum absolute atomic E-state index is 0.0406. The number of carbonyl (C=O) groups excluding carboxylic acids is 2. The summed E-state index contributed by atoms with van der Waals surface area (Å²) in [5.41, 5.74) is 0. The largest absolute Gasteiger partial charge is 0.356 e. The standard InChI is InChI=1S/C8H13N3O2/c1-7(12)10-5-2-3-8(13)11-6-4-9/h2-3,5-6H2,1H3,(H,10,12)(H,11,13). The van der Waals surface area contributed by atoms with Crippen molar-refractivity contribution in [3.05, 3.63) is 0 Å². The molecule has 0 aliphatic rings. The van der Waals surface area contributed by atoms with E-state index < -0.39 is 0 Å². The minimum Gasteiger partial charge on any atom is -0.356 e. The summed E-state index contributed by atoms with van der Waals surface area (Å²) in [5, 5.41) is 13.1. The first-order chi connectivity index (χ1) is 6.16. The average Bonchev–Trinajstić information content (AvgIpc) is 2.08. The number of hydrogen-bond acceptors (Lipinski definition) is 3. The Labute approximate surface area is 77.1 Å². The van der Waals surface area contributed by atoms with Gasteiger partial charge in [-0.05, 0) is 6.42 Å². The highest BCUT2D eigenvalue weighted by Gasteiger charge is 1.99. The van der Waals surface area contributed by atoms with Crippen molar-refractivity contribution in [3.63, 3.8) is 0 Å². The Kier molecular flexibility index (Phi) is 6.24. The molecule has 0 aliphatic carbocycles. The van der Waals surface area contributed by atoms with Crippen molar-refractivity contribution >= 4 is 11.8 Å². The first-order valence-electron chi connectivity index (χ1n) is 4.05. The maximum atomic E-state index is 10.9. The Morgan fingerprint density at radius 3 is 2.62 bits per heavy atom. The number of carbonyl (C=O) groups is 2. The van der Waals surface area contributed by atoms with E-state index in [0.717, 1.165) is 0 Å². The van der Waals surface area contributed by atoms with Gasteiger partial charge in [0.25, 0.3) is 0 Å². The fraction of sp³-hybridized carbons (Fsp3) is 0.625. The summed E-state index contributed by atoms with van der Waals surface area (Å²) in [6.45, 7) is 1.96. The van der Waals surface area contributed by atoms with Crippen LogP contribution < -0.4 is 10.6 Å². The zero-order valence-corrected chi connectivity index (χ0v) is 7.59. The molecule has 0 rings (SSSR count). The van der Waals surface area contributed by atoms with E-state index >= 15 is 0 Å². The number of nitriles is 1. The Bertz CT molecular complexity index is 220. The SMILES string of the molecule is CC(=O)NCCCC(=O)NCC#N. The van der Waals surface area contributed by atoms with Crippen molar-refractivity contribution in [1.29, 1.82) is 5.26 Å². The molecule has 0 heterocycles. The highest BCUT2D eigenvalue weighted by Crippen LogP contribution is 1.86. The summed E-state index contributed by atoms with van der Waals surface area (Å²) < 4.78 is 0. The maximum Gasteiger partial charge on any atom is 0.220 e. The molecule has 0 saturated carbocycles. The first kappa shape index (κ1) is 11.4. The van der Waals surface area contributed by atoms with Crippen LogP contribution in [0, 0.1) is 11.3 Å². The normalized spacial score (nSPS) is 8.62. The maximum absolute atomic E-state index is 10.9. The molecule has 0 unspecified atom stereocenters. The number of amides is 2. The van der Waals surface area contributed by atoms with Gasteiger partial charge in [0.05, 0.1) is 6.07 Å². The quantitative estimate of drug-likeness (QED) is 0.447. The van der Waals surface area contributed by atoms with Crippen LogP contribution in [0.1, 0.15) is 19.8 Å². The van der Waals surface area contributed by atoms with Gasteiger partial charge in [0.15, 0.2) is 0 Å². The van der Waals surface area contributed by atoms with Gasteiger partial charge in [-0.3, -0.25) is 9.59 Å². The molecule has 0 fully saturated rings. The summed E-state index contributed by atoms with van der Waals surface area (Å²) in [6, 6.07) is 1.81. The van der Waals surface area contributed by atoms with E-state index in [4.69, 9.17) is 5.26 Å². The Morgan fingerprint density at radius 2 is 2.08 bits per heavy atom. The first-order valence-corrected chi connectivity index (χ1v) is 4.05. The monoisotopic (exact) mass is 183 g/mol. The van der Waals surface area contributed by atoms with Gasteiger partial charge in [-0.15, -0.1) is 0 Å². The summed E-state index contributed by atoms with van der Waals surface area (Å²) >= 11 is 0. The van der Waals surface area contributed by atoms with E-state index in [1.54, 1.807) is 6.07 Å². The van der Waals surface area contributed by atoms with Crippen LogP contribution >= 0.6 is 0 Å². The van der Waals surface area contributed by atoms with E-state index in [2.05, 4.69) is 10.6 Å². The Hall–Kier alpha value is -1.57. The topological polar surface area (TPSA) is 82.0 Å². The Morgan fingerprint density at radius 1 is 1.38 bits per heavy atom. The van der Waals surface area contributed by atoms with E-state index in [1.807, 2.05) is 0 Å². The molecule has 0 bridgehead atoms. The van der Waals surface area contributed by atoms with E-state index in [9.17, 15) is 9.59 Å². The lowest BCUT2D eigenvalue weighted by molar-refractivity contribution is -0.122. The number of nitrogens with one attached hydrogen (secondary N) is 2. The lowest BCUT2D eigenvalue weighted by Crippen LogP contribution is -2.26. The molecule has 2 amide bonds. The van der Waals surface area contributed by atoms with Crippen LogP contribution in [0.25, 0.3) is 0 Å². The van der Waals surface area contributed by atoms with Gasteiger partial charge in [-0.1, -0.05) is 0 Å². The molecular weight excluding hydrogens is 170 g/mol. The van der Waals surface area contributed by atoms with Gasteiger partial charge >= 0.3 is 0 Å². The predicted molar refractivity (Wildman–Crippen MR) is 46.5 cm³/mol. The van der Waals surface area contributed by atoms with Crippen molar-refractivity contribution < 1.29 is 9.59 Å². The third-order valence-electron chi connectivity index (χ3n) is 1.32. The summed E-state index contributed by atoms with van der Waals surface area (Å²) in [4.78, 5) is 21.3. The lowest BCUT2D eigenvalue weighted by atomic mass is 10.3. The van der Waals surface area contributed by atoms with Crippen molar-refractivity contribution in [1.82, 2.24) is 10.6 Å². The molecule has 2 N–H and O–H groups in total. The molecule has 0 aliphatic heterocycles. The van der Waals surface area contributed by atoms with Crippen molar-refractivity contribution in [2.75, 3.05) is 13.1 Å². The van der Waals surface area contributed by atoms with Crippen LogP contribution in [0.15, 0.2) is 0 Å². The number of nitrogens with zero attached hydrogens (tertiary/aromatic N) is 1. The summed E-state index contributed by atoms with van der Waals surface area (Å²) in [6.07, 6.45) is 0.929. The van der Waals surface area contributed by atoms with Gasteiger partial charge in [-0.2, -0.15) is 5.26 Å². The van der Waals surface area contributed by atoms with Crippen LogP contribution in [0.2, 0.25) is 0 Å². The van der Waals surface area contributed by atoms with Crippen molar-refractivity contribution in [3.8, 4) is 6.07 Å². The van der Waals surface area contributed by atoms with Crippen LogP contribution in [0.5, 0.6) is 0 Å². The fourth-order valence-corrected chi connectivity index (χ4v) is 0.740. The van der Waals surface area contributed by atoms with Crippen LogP contribution in [-0.4, -0.2) is 24.9 Å². The zero-order valence-electron chi connectivity index (χ0n) is 7.59. The summed E-state index contributed by atoms with van der Waals surface area (Å²) in [7, 11) is 0. The molecule has 5 nitrogen and oxygen atoms in total. The smallest absolute Gasteiger partial charge is 0.220 e.